The molecule has 0 spiro atoms. The van der Waals surface area contributed by atoms with Crippen molar-refractivity contribution in [3.8, 4) is 0 Å². The van der Waals surface area contributed by atoms with Gasteiger partial charge in [-0.15, -0.1) is 0 Å². The summed E-state index contributed by atoms with van der Waals surface area (Å²) in [5.41, 5.74) is 0.285. The Bertz CT molecular complexity index is 443. The molecule has 0 aliphatic rings. The normalized spacial score (nSPS) is 11.1. The van der Waals surface area contributed by atoms with Gasteiger partial charge in [0.1, 0.15) is 0 Å². The molecule has 0 bridgehead atoms. The molecule has 0 N–H and O–H groups in total. The number of hydrogen-bond acceptors (Lipinski definition) is 2. The lowest BCUT2D eigenvalue weighted by Gasteiger charge is -2.28. The number of carbonyl (C=O) groups excluding carboxylic acids is 2. The van der Waals surface area contributed by atoms with Gasteiger partial charge in [-0.25, -0.2) is 0 Å². The van der Waals surface area contributed by atoms with Gasteiger partial charge in [0.05, 0.1) is 0 Å². The number of nitrogens with zero attached hydrogens (tertiary/aromatic N) is 1. The predicted molar refractivity (Wildman–Crippen MR) is 68.7 cm³/mol. The molecule has 0 aliphatic heterocycles. The zero-order chi connectivity index (χ0) is 13.2. The van der Waals surface area contributed by atoms with E-state index in [0.29, 0.717) is 5.02 Å². The fourth-order valence-electron chi connectivity index (χ4n) is 1.12. The van der Waals surface area contributed by atoms with Gasteiger partial charge >= 0.3 is 0 Å². The molecular formula is C11H10Cl3NO2. The summed E-state index contributed by atoms with van der Waals surface area (Å²) in [4.78, 5) is 24.2. The molecule has 0 aliphatic carbocycles. The van der Waals surface area contributed by atoms with Crippen molar-refractivity contribution in [2.45, 2.75) is 11.4 Å². The third-order valence-electron chi connectivity index (χ3n) is 2.27. The SMILES string of the molecule is CC(=O)N(C)C(Cl)(Cl)C(=O)c1ccc(Cl)cc1. The van der Waals surface area contributed by atoms with Gasteiger partial charge in [0, 0.05) is 24.6 Å². The topological polar surface area (TPSA) is 37.4 Å². The molecule has 0 saturated heterocycles. The fourth-order valence-corrected chi connectivity index (χ4v) is 1.71. The Morgan fingerprint density at radius 2 is 1.65 bits per heavy atom. The second-order valence-corrected chi connectivity index (χ2v) is 5.18. The molecular weight excluding hydrogens is 284 g/mol. The standard InChI is InChI=1S/C11H10Cl3NO2/c1-7(16)15(2)11(13,14)10(17)8-3-5-9(12)6-4-8/h3-6H,1-2H3. The molecule has 1 aromatic rings. The first-order valence-electron chi connectivity index (χ1n) is 4.69. The molecule has 1 amide bonds. The van der Waals surface area contributed by atoms with Gasteiger partial charge in [0.2, 0.25) is 11.7 Å². The molecule has 0 aromatic heterocycles. The molecule has 92 valence electrons. The molecule has 1 aromatic carbocycles. The Hall–Kier alpha value is -0.770. The van der Waals surface area contributed by atoms with Gasteiger partial charge in [-0.05, 0) is 24.3 Å². The Balaban J connectivity index is 3.04. The number of rotatable bonds is 3. The van der Waals surface area contributed by atoms with Crippen molar-refractivity contribution in [3.63, 3.8) is 0 Å². The highest BCUT2D eigenvalue weighted by Crippen LogP contribution is 2.29. The van der Waals surface area contributed by atoms with Crippen LogP contribution in [0.15, 0.2) is 24.3 Å². The summed E-state index contributed by atoms with van der Waals surface area (Å²) in [6.07, 6.45) is 0. The summed E-state index contributed by atoms with van der Waals surface area (Å²) in [6.45, 7) is 1.27. The average Bonchev–Trinajstić information content (AvgIpc) is 2.27. The van der Waals surface area contributed by atoms with Crippen molar-refractivity contribution in [2.75, 3.05) is 7.05 Å². The van der Waals surface area contributed by atoms with E-state index >= 15 is 0 Å². The van der Waals surface area contributed by atoms with Crippen LogP contribution in [-0.4, -0.2) is 28.1 Å². The number of carbonyl (C=O) groups is 2. The Morgan fingerprint density at radius 1 is 1.18 bits per heavy atom. The largest absolute Gasteiger partial charge is 0.308 e. The van der Waals surface area contributed by atoms with E-state index in [4.69, 9.17) is 34.8 Å². The van der Waals surface area contributed by atoms with Crippen molar-refractivity contribution >= 4 is 46.5 Å². The zero-order valence-electron chi connectivity index (χ0n) is 9.21. The molecule has 0 heterocycles. The molecule has 1 rings (SSSR count). The van der Waals surface area contributed by atoms with Crippen LogP contribution in [0.4, 0.5) is 0 Å². The van der Waals surface area contributed by atoms with E-state index in [0.717, 1.165) is 4.90 Å². The molecule has 0 unspecified atom stereocenters. The van der Waals surface area contributed by atoms with E-state index < -0.39 is 16.1 Å². The van der Waals surface area contributed by atoms with Crippen LogP contribution in [0.2, 0.25) is 5.02 Å². The number of Topliss-reactive ketones (excluding diaryl/α,β-unsaturated/α-hetero) is 1. The molecule has 0 fully saturated rings. The number of alkyl halides is 2. The van der Waals surface area contributed by atoms with Gasteiger partial charge in [0.15, 0.2) is 0 Å². The van der Waals surface area contributed by atoms with Gasteiger partial charge in [-0.1, -0.05) is 34.8 Å². The fraction of sp³-hybridized carbons (Fsp3) is 0.273. The highest BCUT2D eigenvalue weighted by atomic mass is 35.5. The van der Waals surface area contributed by atoms with Crippen LogP contribution < -0.4 is 0 Å². The minimum absolute atomic E-state index is 0.285. The lowest BCUT2D eigenvalue weighted by molar-refractivity contribution is -0.128. The van der Waals surface area contributed by atoms with E-state index in [-0.39, 0.29) is 5.56 Å². The van der Waals surface area contributed by atoms with Gasteiger partial charge < -0.3 is 4.90 Å². The summed E-state index contributed by atoms with van der Waals surface area (Å²) in [5, 5.41) is 0.496. The van der Waals surface area contributed by atoms with Crippen molar-refractivity contribution in [1.82, 2.24) is 4.90 Å². The highest BCUT2D eigenvalue weighted by Gasteiger charge is 2.40. The Labute approximate surface area is 114 Å². The van der Waals surface area contributed by atoms with Crippen LogP contribution in [0.3, 0.4) is 0 Å². The van der Waals surface area contributed by atoms with Crippen LogP contribution in [0.1, 0.15) is 17.3 Å². The summed E-state index contributed by atoms with van der Waals surface area (Å²) < 4.78 is -1.92. The maximum absolute atomic E-state index is 12.0. The lowest BCUT2D eigenvalue weighted by atomic mass is 10.1. The number of benzene rings is 1. The molecule has 0 saturated carbocycles. The zero-order valence-corrected chi connectivity index (χ0v) is 11.5. The van der Waals surface area contributed by atoms with E-state index in [1.807, 2.05) is 0 Å². The smallest absolute Gasteiger partial charge is 0.256 e. The summed E-state index contributed by atoms with van der Waals surface area (Å²) >= 11 is 17.5. The van der Waals surface area contributed by atoms with Crippen molar-refractivity contribution in [3.05, 3.63) is 34.9 Å². The number of halogens is 3. The highest BCUT2D eigenvalue weighted by molar-refractivity contribution is 6.60. The summed E-state index contributed by atoms with van der Waals surface area (Å²) in [6, 6.07) is 6.09. The van der Waals surface area contributed by atoms with Crippen LogP contribution >= 0.6 is 34.8 Å². The molecule has 6 heteroatoms. The molecule has 3 nitrogen and oxygen atoms in total. The predicted octanol–water partition coefficient (Wildman–Crippen LogP) is 3.13. The van der Waals surface area contributed by atoms with E-state index in [9.17, 15) is 9.59 Å². The quantitative estimate of drug-likeness (QED) is 0.488. The van der Waals surface area contributed by atoms with Crippen molar-refractivity contribution in [2.24, 2.45) is 0 Å². The first kappa shape index (κ1) is 14.3. The minimum Gasteiger partial charge on any atom is -0.308 e. The monoisotopic (exact) mass is 293 g/mol. The first-order chi connectivity index (χ1) is 7.76. The summed E-state index contributed by atoms with van der Waals surface area (Å²) in [5.74, 6) is -0.979. The van der Waals surface area contributed by atoms with Crippen LogP contribution in [0.5, 0.6) is 0 Å². The first-order valence-corrected chi connectivity index (χ1v) is 5.82. The van der Waals surface area contributed by atoms with Gasteiger partial charge in [0.25, 0.3) is 4.46 Å². The summed E-state index contributed by atoms with van der Waals surface area (Å²) in [7, 11) is 1.36. The van der Waals surface area contributed by atoms with Gasteiger partial charge in [-0.3, -0.25) is 9.59 Å². The third-order valence-corrected chi connectivity index (χ3v) is 3.38. The maximum Gasteiger partial charge on any atom is 0.256 e. The average molecular weight is 295 g/mol. The maximum atomic E-state index is 12.0. The van der Waals surface area contributed by atoms with E-state index in [2.05, 4.69) is 0 Å². The van der Waals surface area contributed by atoms with Crippen LogP contribution in [-0.2, 0) is 4.79 Å². The molecule has 17 heavy (non-hydrogen) atoms. The van der Waals surface area contributed by atoms with Crippen LogP contribution in [0.25, 0.3) is 0 Å². The Kier molecular flexibility index (Phi) is 4.42. The minimum atomic E-state index is -1.92. The van der Waals surface area contributed by atoms with E-state index in [1.54, 1.807) is 12.1 Å². The number of ketones is 1. The second kappa shape index (κ2) is 5.25. The van der Waals surface area contributed by atoms with E-state index in [1.165, 1.54) is 26.1 Å². The van der Waals surface area contributed by atoms with Crippen molar-refractivity contribution < 1.29 is 9.59 Å². The number of amides is 1. The third kappa shape index (κ3) is 3.12. The molecule has 0 radical (unpaired) electrons. The Morgan fingerprint density at radius 3 is 2.06 bits per heavy atom. The molecule has 0 atom stereocenters. The van der Waals surface area contributed by atoms with Gasteiger partial charge in [-0.2, -0.15) is 0 Å². The number of hydrogen-bond donors (Lipinski definition) is 0. The lowest BCUT2D eigenvalue weighted by Crippen LogP contribution is -2.46. The number of likely N-dealkylation sites (N-methyl/N-ethyl adjacent to an activating group) is 1. The second-order valence-electron chi connectivity index (χ2n) is 3.46. The van der Waals surface area contributed by atoms with Crippen LogP contribution in [0, 0.1) is 0 Å². The van der Waals surface area contributed by atoms with Crippen molar-refractivity contribution in [1.29, 1.82) is 0 Å².